The summed E-state index contributed by atoms with van der Waals surface area (Å²) < 4.78 is 42.6. The Morgan fingerprint density at radius 3 is 2.44 bits per heavy atom. The van der Waals surface area contributed by atoms with Crippen LogP contribution in [-0.4, -0.2) is 18.8 Å². The fourth-order valence-electron chi connectivity index (χ4n) is 1.28. The van der Waals surface area contributed by atoms with Crippen LogP contribution in [0.2, 0.25) is 0 Å². The monoisotopic (exact) mass is 233 g/mol. The van der Waals surface area contributed by atoms with E-state index in [9.17, 15) is 13.2 Å². The molecular weight excluding hydrogens is 219 g/mol. The molecular formula is C11H14F3NO. The highest BCUT2D eigenvalue weighted by Gasteiger charge is 2.41. The zero-order chi connectivity index (χ0) is 12.2. The molecule has 1 rings (SSSR count). The van der Waals surface area contributed by atoms with Crippen LogP contribution < -0.4 is 10.5 Å². The standard InChI is InChI=1S/C11H14F3NO/c1-8-4-2-3-5-9(8)16-10(6-7-15)11(12,13)14/h2-5,10H,6-7,15H2,1H3. The van der Waals surface area contributed by atoms with Crippen molar-refractivity contribution < 1.29 is 17.9 Å². The molecule has 1 atom stereocenters. The van der Waals surface area contributed by atoms with Crippen LogP contribution in [-0.2, 0) is 0 Å². The Labute approximate surface area is 92.2 Å². The average molecular weight is 233 g/mol. The maximum absolute atomic E-state index is 12.5. The second-order valence-electron chi connectivity index (χ2n) is 3.49. The normalized spacial score (nSPS) is 13.6. The lowest BCUT2D eigenvalue weighted by Crippen LogP contribution is -2.36. The van der Waals surface area contributed by atoms with Gasteiger partial charge in [0.2, 0.25) is 0 Å². The Bertz CT molecular complexity index is 338. The van der Waals surface area contributed by atoms with Crippen LogP contribution in [0.5, 0.6) is 5.75 Å². The van der Waals surface area contributed by atoms with E-state index in [0.29, 0.717) is 5.56 Å². The number of hydrogen-bond acceptors (Lipinski definition) is 2. The first kappa shape index (κ1) is 12.8. The number of hydrogen-bond donors (Lipinski definition) is 1. The molecule has 0 heterocycles. The largest absolute Gasteiger partial charge is 0.481 e. The van der Waals surface area contributed by atoms with Gasteiger partial charge in [-0.05, 0) is 25.1 Å². The molecule has 0 aliphatic carbocycles. The Morgan fingerprint density at radius 2 is 1.94 bits per heavy atom. The summed E-state index contributed by atoms with van der Waals surface area (Å²) in [7, 11) is 0. The van der Waals surface area contributed by atoms with Gasteiger partial charge < -0.3 is 10.5 Å². The van der Waals surface area contributed by atoms with E-state index >= 15 is 0 Å². The number of nitrogens with two attached hydrogens (primary N) is 1. The molecule has 0 aromatic heterocycles. The maximum atomic E-state index is 12.5. The molecule has 0 aliphatic heterocycles. The van der Waals surface area contributed by atoms with Gasteiger partial charge in [0, 0.05) is 6.42 Å². The molecule has 0 saturated carbocycles. The lowest BCUT2D eigenvalue weighted by Gasteiger charge is -2.22. The fourth-order valence-corrected chi connectivity index (χ4v) is 1.28. The second kappa shape index (κ2) is 5.21. The van der Waals surface area contributed by atoms with Gasteiger partial charge in [0.15, 0.2) is 6.10 Å². The molecule has 0 spiro atoms. The van der Waals surface area contributed by atoms with Crippen molar-refractivity contribution in [1.29, 1.82) is 0 Å². The van der Waals surface area contributed by atoms with E-state index in [-0.39, 0.29) is 18.7 Å². The first-order valence-corrected chi connectivity index (χ1v) is 4.94. The minimum Gasteiger partial charge on any atom is -0.481 e. The van der Waals surface area contributed by atoms with Crippen molar-refractivity contribution in [1.82, 2.24) is 0 Å². The van der Waals surface area contributed by atoms with Gasteiger partial charge in [0.05, 0.1) is 0 Å². The van der Waals surface area contributed by atoms with Crippen molar-refractivity contribution in [3.05, 3.63) is 29.8 Å². The zero-order valence-corrected chi connectivity index (χ0v) is 8.92. The van der Waals surface area contributed by atoms with Crippen LogP contribution in [0.1, 0.15) is 12.0 Å². The summed E-state index contributed by atoms with van der Waals surface area (Å²) >= 11 is 0. The Kier molecular flexibility index (Phi) is 4.18. The SMILES string of the molecule is Cc1ccccc1OC(CCN)C(F)(F)F. The van der Waals surface area contributed by atoms with E-state index in [1.165, 1.54) is 6.07 Å². The van der Waals surface area contributed by atoms with E-state index in [0.717, 1.165) is 0 Å². The van der Waals surface area contributed by atoms with Gasteiger partial charge in [-0.15, -0.1) is 0 Å². The Balaban J connectivity index is 2.80. The lowest BCUT2D eigenvalue weighted by molar-refractivity contribution is -0.196. The van der Waals surface area contributed by atoms with Crippen molar-refractivity contribution in [3.8, 4) is 5.75 Å². The van der Waals surface area contributed by atoms with Gasteiger partial charge >= 0.3 is 6.18 Å². The number of benzene rings is 1. The maximum Gasteiger partial charge on any atom is 0.425 e. The van der Waals surface area contributed by atoms with Crippen LogP contribution in [0.25, 0.3) is 0 Å². The van der Waals surface area contributed by atoms with Crippen LogP contribution in [0.3, 0.4) is 0 Å². The Hall–Kier alpha value is -1.23. The van der Waals surface area contributed by atoms with Gasteiger partial charge in [-0.1, -0.05) is 18.2 Å². The first-order valence-electron chi connectivity index (χ1n) is 4.94. The number of aryl methyl sites for hydroxylation is 1. The third-order valence-electron chi connectivity index (χ3n) is 2.16. The third-order valence-corrected chi connectivity index (χ3v) is 2.16. The van der Waals surface area contributed by atoms with Crippen LogP contribution in [0, 0.1) is 6.92 Å². The van der Waals surface area contributed by atoms with E-state index in [1.54, 1.807) is 25.1 Å². The molecule has 2 N–H and O–H groups in total. The summed E-state index contributed by atoms with van der Waals surface area (Å²) in [6, 6.07) is 6.60. The van der Waals surface area contributed by atoms with Crippen LogP contribution >= 0.6 is 0 Å². The highest BCUT2D eigenvalue weighted by atomic mass is 19.4. The zero-order valence-electron chi connectivity index (χ0n) is 8.92. The van der Waals surface area contributed by atoms with E-state index in [4.69, 9.17) is 10.5 Å². The topological polar surface area (TPSA) is 35.2 Å². The summed E-state index contributed by atoms with van der Waals surface area (Å²) in [5.41, 5.74) is 5.81. The van der Waals surface area contributed by atoms with Crippen molar-refractivity contribution in [2.75, 3.05) is 6.54 Å². The predicted octanol–water partition coefficient (Wildman–Crippen LogP) is 2.65. The molecule has 1 unspecified atom stereocenters. The van der Waals surface area contributed by atoms with Gasteiger partial charge in [-0.2, -0.15) is 13.2 Å². The van der Waals surface area contributed by atoms with Gasteiger partial charge in [-0.25, -0.2) is 0 Å². The smallest absolute Gasteiger partial charge is 0.425 e. The Morgan fingerprint density at radius 1 is 1.31 bits per heavy atom. The molecule has 1 aromatic rings. The number of rotatable bonds is 4. The fraction of sp³-hybridized carbons (Fsp3) is 0.455. The third kappa shape index (κ3) is 3.41. The molecule has 0 saturated heterocycles. The molecule has 0 amide bonds. The van der Waals surface area contributed by atoms with E-state index < -0.39 is 12.3 Å². The average Bonchev–Trinajstić information content (AvgIpc) is 2.19. The molecule has 0 fully saturated rings. The van der Waals surface area contributed by atoms with Crippen molar-refractivity contribution in [3.63, 3.8) is 0 Å². The molecule has 2 nitrogen and oxygen atoms in total. The highest BCUT2D eigenvalue weighted by molar-refractivity contribution is 5.32. The minimum absolute atomic E-state index is 0.0595. The second-order valence-corrected chi connectivity index (χ2v) is 3.49. The molecule has 1 aromatic carbocycles. The minimum atomic E-state index is -4.39. The number of ether oxygens (including phenoxy) is 1. The molecule has 0 radical (unpaired) electrons. The van der Waals surface area contributed by atoms with E-state index in [1.807, 2.05) is 0 Å². The van der Waals surface area contributed by atoms with Crippen LogP contribution in [0.15, 0.2) is 24.3 Å². The summed E-state index contributed by atoms with van der Waals surface area (Å²) in [5, 5.41) is 0. The quantitative estimate of drug-likeness (QED) is 0.867. The summed E-state index contributed by atoms with van der Waals surface area (Å²) in [4.78, 5) is 0. The molecule has 16 heavy (non-hydrogen) atoms. The molecule has 90 valence electrons. The molecule has 5 heteroatoms. The van der Waals surface area contributed by atoms with Crippen molar-refractivity contribution in [2.24, 2.45) is 5.73 Å². The number of para-hydroxylation sites is 1. The summed E-state index contributed by atoms with van der Waals surface area (Å²) in [5.74, 6) is 0.248. The van der Waals surface area contributed by atoms with E-state index in [2.05, 4.69) is 0 Å². The summed E-state index contributed by atoms with van der Waals surface area (Å²) in [6.45, 7) is 1.64. The predicted molar refractivity (Wildman–Crippen MR) is 55.3 cm³/mol. The van der Waals surface area contributed by atoms with Crippen molar-refractivity contribution in [2.45, 2.75) is 25.6 Å². The van der Waals surface area contributed by atoms with Gasteiger partial charge in [0.25, 0.3) is 0 Å². The summed E-state index contributed by atoms with van der Waals surface area (Å²) in [6.07, 6.45) is -6.46. The van der Waals surface area contributed by atoms with Crippen molar-refractivity contribution >= 4 is 0 Å². The van der Waals surface area contributed by atoms with Gasteiger partial charge in [0.1, 0.15) is 5.75 Å². The number of halogens is 3. The first-order chi connectivity index (χ1) is 7.45. The number of alkyl halides is 3. The highest BCUT2D eigenvalue weighted by Crippen LogP contribution is 2.28. The lowest BCUT2D eigenvalue weighted by atomic mass is 10.2. The van der Waals surface area contributed by atoms with Gasteiger partial charge in [-0.3, -0.25) is 0 Å². The molecule has 0 aliphatic rings. The molecule has 0 bridgehead atoms. The van der Waals surface area contributed by atoms with Crippen LogP contribution in [0.4, 0.5) is 13.2 Å².